The number of rotatable bonds is 6. The largest absolute Gasteiger partial charge is 0.484 e. The summed E-state index contributed by atoms with van der Waals surface area (Å²) >= 11 is 0. The fraction of sp³-hybridized carbons (Fsp3) is 0.150. The van der Waals surface area contributed by atoms with Crippen LogP contribution in [0.15, 0.2) is 60.7 Å². The van der Waals surface area contributed by atoms with E-state index in [0.29, 0.717) is 17.4 Å². The quantitative estimate of drug-likeness (QED) is 0.707. The Bertz CT molecular complexity index is 860. The number of ether oxygens (including phenoxy) is 1. The molecule has 0 unspecified atom stereocenters. The third kappa shape index (κ3) is 4.57. The van der Waals surface area contributed by atoms with E-state index in [4.69, 9.17) is 4.74 Å². The Hall–Kier alpha value is -3.41. The Balaban J connectivity index is 1.56. The SMILES string of the molecule is Cc1cccc(C)c1Nc1ccc(NC(=O)COc2ccccc2)nn1. The molecule has 0 atom stereocenters. The Morgan fingerprint density at radius 2 is 1.54 bits per heavy atom. The molecule has 0 saturated heterocycles. The van der Waals surface area contributed by atoms with Gasteiger partial charge in [-0.05, 0) is 49.2 Å². The van der Waals surface area contributed by atoms with Crippen LogP contribution in [-0.4, -0.2) is 22.7 Å². The molecule has 0 aliphatic heterocycles. The molecule has 3 aromatic rings. The summed E-state index contributed by atoms with van der Waals surface area (Å²) in [4.78, 5) is 11.9. The number of nitrogens with one attached hydrogen (secondary N) is 2. The van der Waals surface area contributed by atoms with E-state index in [-0.39, 0.29) is 12.5 Å². The average Bonchev–Trinajstić information content (AvgIpc) is 2.65. The summed E-state index contributed by atoms with van der Waals surface area (Å²) in [6.45, 7) is 3.97. The first-order chi connectivity index (χ1) is 12.6. The lowest BCUT2D eigenvalue weighted by Gasteiger charge is -2.12. The Morgan fingerprint density at radius 1 is 0.885 bits per heavy atom. The van der Waals surface area contributed by atoms with Gasteiger partial charge in [0.1, 0.15) is 5.75 Å². The van der Waals surface area contributed by atoms with Crippen molar-refractivity contribution in [3.8, 4) is 5.75 Å². The van der Waals surface area contributed by atoms with Crippen LogP contribution in [0.1, 0.15) is 11.1 Å². The van der Waals surface area contributed by atoms with Crippen LogP contribution in [0.5, 0.6) is 5.75 Å². The zero-order chi connectivity index (χ0) is 18.4. The molecule has 0 bridgehead atoms. The van der Waals surface area contributed by atoms with Gasteiger partial charge in [0.05, 0.1) is 0 Å². The van der Waals surface area contributed by atoms with Crippen molar-refractivity contribution in [2.75, 3.05) is 17.2 Å². The van der Waals surface area contributed by atoms with Gasteiger partial charge in [0, 0.05) is 5.69 Å². The average molecular weight is 348 g/mol. The smallest absolute Gasteiger partial charge is 0.263 e. The summed E-state index contributed by atoms with van der Waals surface area (Å²) in [6.07, 6.45) is 0. The van der Waals surface area contributed by atoms with Crippen molar-refractivity contribution >= 4 is 23.2 Å². The molecule has 0 radical (unpaired) electrons. The molecule has 2 aromatic carbocycles. The van der Waals surface area contributed by atoms with Gasteiger partial charge in [0.25, 0.3) is 5.91 Å². The number of benzene rings is 2. The number of aryl methyl sites for hydroxylation is 2. The third-order valence-electron chi connectivity index (χ3n) is 3.78. The van der Waals surface area contributed by atoms with Gasteiger partial charge in [-0.15, -0.1) is 10.2 Å². The van der Waals surface area contributed by atoms with E-state index >= 15 is 0 Å². The van der Waals surface area contributed by atoms with Crippen LogP contribution >= 0.6 is 0 Å². The second kappa shape index (κ2) is 8.11. The molecule has 1 aromatic heterocycles. The van der Waals surface area contributed by atoms with E-state index in [2.05, 4.69) is 20.8 Å². The molecule has 2 N–H and O–H groups in total. The van der Waals surface area contributed by atoms with Crippen molar-refractivity contribution in [2.24, 2.45) is 0 Å². The molecular formula is C20H20N4O2. The van der Waals surface area contributed by atoms with E-state index in [0.717, 1.165) is 16.8 Å². The van der Waals surface area contributed by atoms with Gasteiger partial charge in [0.2, 0.25) is 0 Å². The number of anilines is 3. The van der Waals surface area contributed by atoms with Crippen molar-refractivity contribution < 1.29 is 9.53 Å². The molecule has 0 saturated carbocycles. The first-order valence-electron chi connectivity index (χ1n) is 8.26. The first kappa shape index (κ1) is 17.4. The van der Waals surface area contributed by atoms with Crippen LogP contribution in [0.2, 0.25) is 0 Å². The van der Waals surface area contributed by atoms with Gasteiger partial charge in [-0.3, -0.25) is 4.79 Å². The number of hydrogen-bond acceptors (Lipinski definition) is 5. The van der Waals surface area contributed by atoms with Crippen molar-refractivity contribution in [2.45, 2.75) is 13.8 Å². The van der Waals surface area contributed by atoms with E-state index in [1.165, 1.54) is 0 Å². The van der Waals surface area contributed by atoms with Gasteiger partial charge in [-0.2, -0.15) is 0 Å². The highest BCUT2D eigenvalue weighted by molar-refractivity contribution is 5.90. The topological polar surface area (TPSA) is 76.1 Å². The normalized spacial score (nSPS) is 10.2. The van der Waals surface area contributed by atoms with Gasteiger partial charge in [-0.1, -0.05) is 36.4 Å². The van der Waals surface area contributed by atoms with Crippen molar-refractivity contribution in [1.29, 1.82) is 0 Å². The minimum Gasteiger partial charge on any atom is -0.484 e. The third-order valence-corrected chi connectivity index (χ3v) is 3.78. The maximum absolute atomic E-state index is 11.9. The number of para-hydroxylation sites is 2. The lowest BCUT2D eigenvalue weighted by molar-refractivity contribution is -0.118. The predicted octanol–water partition coefficient (Wildman–Crippen LogP) is 3.85. The van der Waals surface area contributed by atoms with Crippen molar-refractivity contribution in [1.82, 2.24) is 10.2 Å². The monoisotopic (exact) mass is 348 g/mol. The number of amides is 1. The Kier molecular flexibility index (Phi) is 5.43. The molecule has 0 aliphatic rings. The molecule has 0 aliphatic carbocycles. The molecule has 6 nitrogen and oxygen atoms in total. The van der Waals surface area contributed by atoms with E-state index in [1.54, 1.807) is 24.3 Å². The summed E-state index contributed by atoms with van der Waals surface area (Å²) < 4.78 is 5.40. The van der Waals surface area contributed by atoms with Crippen molar-refractivity contribution in [3.63, 3.8) is 0 Å². The summed E-state index contributed by atoms with van der Waals surface area (Å²) in [7, 11) is 0. The number of aromatic nitrogens is 2. The first-order valence-corrected chi connectivity index (χ1v) is 8.26. The second-order valence-corrected chi connectivity index (χ2v) is 5.85. The van der Waals surface area contributed by atoms with E-state index < -0.39 is 0 Å². The maximum atomic E-state index is 11.9. The minimum absolute atomic E-state index is 0.0892. The summed E-state index contributed by atoms with van der Waals surface area (Å²) in [5.41, 5.74) is 3.26. The molecule has 0 spiro atoms. The predicted molar refractivity (Wildman–Crippen MR) is 102 cm³/mol. The van der Waals surface area contributed by atoms with E-state index in [9.17, 15) is 4.79 Å². The molecule has 132 valence electrons. The van der Waals surface area contributed by atoms with Gasteiger partial charge < -0.3 is 15.4 Å². The van der Waals surface area contributed by atoms with Gasteiger partial charge in [0.15, 0.2) is 18.2 Å². The zero-order valence-corrected chi connectivity index (χ0v) is 14.7. The van der Waals surface area contributed by atoms with Crippen LogP contribution in [0.3, 0.4) is 0 Å². The highest BCUT2D eigenvalue weighted by atomic mass is 16.5. The summed E-state index contributed by atoms with van der Waals surface area (Å²) in [6, 6.07) is 18.7. The molecule has 3 rings (SSSR count). The van der Waals surface area contributed by atoms with E-state index in [1.807, 2.05) is 50.2 Å². The van der Waals surface area contributed by atoms with Crippen LogP contribution in [-0.2, 0) is 4.79 Å². The van der Waals surface area contributed by atoms with Crippen LogP contribution in [0.25, 0.3) is 0 Å². The summed E-state index contributed by atoms with van der Waals surface area (Å²) in [5.74, 6) is 1.33. The summed E-state index contributed by atoms with van der Waals surface area (Å²) in [5, 5.41) is 14.1. The molecule has 6 heteroatoms. The van der Waals surface area contributed by atoms with Gasteiger partial charge >= 0.3 is 0 Å². The van der Waals surface area contributed by atoms with Gasteiger partial charge in [-0.25, -0.2) is 0 Å². The fourth-order valence-electron chi connectivity index (χ4n) is 2.45. The Labute approximate surface area is 152 Å². The molecule has 0 fully saturated rings. The molecule has 1 heterocycles. The molecular weight excluding hydrogens is 328 g/mol. The second-order valence-electron chi connectivity index (χ2n) is 5.85. The number of carbonyl (C=O) groups is 1. The van der Waals surface area contributed by atoms with Crippen molar-refractivity contribution in [3.05, 3.63) is 71.8 Å². The molecule has 26 heavy (non-hydrogen) atoms. The van der Waals surface area contributed by atoms with Crippen LogP contribution < -0.4 is 15.4 Å². The van der Waals surface area contributed by atoms with Crippen LogP contribution in [0.4, 0.5) is 17.3 Å². The van der Waals surface area contributed by atoms with Crippen LogP contribution in [0, 0.1) is 13.8 Å². The lowest BCUT2D eigenvalue weighted by Crippen LogP contribution is -2.21. The minimum atomic E-state index is -0.293. The standard InChI is InChI=1S/C20H20N4O2/c1-14-7-6-8-15(2)20(14)22-18-12-11-17(23-24-18)21-19(25)13-26-16-9-4-3-5-10-16/h3-12H,13H2,1-2H3,(H,22,24)(H,21,23,25). The number of hydrogen-bond donors (Lipinski definition) is 2. The highest BCUT2D eigenvalue weighted by Crippen LogP contribution is 2.23. The zero-order valence-electron chi connectivity index (χ0n) is 14.7. The number of carbonyl (C=O) groups excluding carboxylic acids is 1. The Morgan fingerprint density at radius 3 is 2.19 bits per heavy atom. The highest BCUT2D eigenvalue weighted by Gasteiger charge is 2.07. The fourth-order valence-corrected chi connectivity index (χ4v) is 2.45. The maximum Gasteiger partial charge on any atom is 0.263 e. The lowest BCUT2D eigenvalue weighted by atomic mass is 10.1. The molecule has 1 amide bonds. The number of nitrogens with zero attached hydrogens (tertiary/aromatic N) is 2.